The smallest absolute Gasteiger partial charge is 0.326 e. The van der Waals surface area contributed by atoms with Gasteiger partial charge in [-0.2, -0.15) is 0 Å². The van der Waals surface area contributed by atoms with E-state index in [0.717, 1.165) is 6.42 Å². The second-order valence-electron chi connectivity index (χ2n) is 6.33. The van der Waals surface area contributed by atoms with Crippen LogP contribution < -0.4 is 5.32 Å². The number of aliphatic carboxylic acids is 1. The molecule has 3 atom stereocenters. The fourth-order valence-electron chi connectivity index (χ4n) is 2.80. The molecule has 1 fully saturated rings. The van der Waals surface area contributed by atoms with Gasteiger partial charge in [0.15, 0.2) is 0 Å². The van der Waals surface area contributed by atoms with Crippen molar-refractivity contribution in [1.29, 1.82) is 0 Å². The molecule has 1 saturated carbocycles. The Hall–Kier alpha value is -1.84. The summed E-state index contributed by atoms with van der Waals surface area (Å²) in [4.78, 5) is 23.4. The van der Waals surface area contributed by atoms with Gasteiger partial charge in [0.05, 0.1) is 0 Å². The molecule has 1 aliphatic carbocycles. The largest absolute Gasteiger partial charge is 0.480 e. The first-order valence-electron chi connectivity index (χ1n) is 7.48. The summed E-state index contributed by atoms with van der Waals surface area (Å²) in [6.45, 7) is 5.95. The van der Waals surface area contributed by atoms with E-state index in [1.165, 1.54) is 11.1 Å². The monoisotopic (exact) mass is 289 g/mol. The van der Waals surface area contributed by atoms with E-state index in [4.69, 9.17) is 0 Å². The zero-order valence-corrected chi connectivity index (χ0v) is 12.8. The summed E-state index contributed by atoms with van der Waals surface area (Å²) in [6.07, 6.45) is 1.27. The summed E-state index contributed by atoms with van der Waals surface area (Å²) in [5.74, 6) is -0.695. The lowest BCUT2D eigenvalue weighted by molar-refractivity contribution is -0.142. The van der Waals surface area contributed by atoms with E-state index >= 15 is 0 Å². The SMILES string of the molecule is Cc1ccccc1C1CC1C(=O)NC(CC(C)C)C(=O)O. The van der Waals surface area contributed by atoms with Gasteiger partial charge < -0.3 is 10.4 Å². The molecule has 0 bridgehead atoms. The molecule has 114 valence electrons. The van der Waals surface area contributed by atoms with Crippen molar-refractivity contribution in [1.82, 2.24) is 5.32 Å². The van der Waals surface area contributed by atoms with Crippen LogP contribution in [0.4, 0.5) is 0 Å². The third-order valence-electron chi connectivity index (χ3n) is 4.04. The second-order valence-corrected chi connectivity index (χ2v) is 6.33. The lowest BCUT2D eigenvalue weighted by atomic mass is 10.0. The summed E-state index contributed by atoms with van der Waals surface area (Å²) < 4.78 is 0. The van der Waals surface area contributed by atoms with Crippen molar-refractivity contribution < 1.29 is 14.7 Å². The number of carboxylic acids is 1. The van der Waals surface area contributed by atoms with Crippen molar-refractivity contribution in [2.24, 2.45) is 11.8 Å². The van der Waals surface area contributed by atoms with Crippen molar-refractivity contribution in [2.45, 2.75) is 45.6 Å². The molecule has 0 heterocycles. The van der Waals surface area contributed by atoms with E-state index in [1.807, 2.05) is 39.0 Å². The number of benzene rings is 1. The van der Waals surface area contributed by atoms with Gasteiger partial charge in [-0.15, -0.1) is 0 Å². The van der Waals surface area contributed by atoms with E-state index in [0.29, 0.717) is 6.42 Å². The highest BCUT2D eigenvalue weighted by Gasteiger charge is 2.45. The molecule has 0 aromatic heterocycles. The van der Waals surface area contributed by atoms with E-state index in [1.54, 1.807) is 0 Å². The quantitative estimate of drug-likeness (QED) is 0.846. The zero-order chi connectivity index (χ0) is 15.6. The van der Waals surface area contributed by atoms with Gasteiger partial charge in [0, 0.05) is 5.92 Å². The molecule has 0 aliphatic heterocycles. The number of rotatable bonds is 6. The first kappa shape index (κ1) is 15.5. The molecule has 1 aromatic carbocycles. The average molecular weight is 289 g/mol. The van der Waals surface area contributed by atoms with Crippen LogP contribution in [0.25, 0.3) is 0 Å². The zero-order valence-electron chi connectivity index (χ0n) is 12.8. The molecule has 0 radical (unpaired) electrons. The predicted molar refractivity (Wildman–Crippen MR) is 81.0 cm³/mol. The Morgan fingerprint density at radius 3 is 2.57 bits per heavy atom. The Balaban J connectivity index is 1.96. The summed E-state index contributed by atoms with van der Waals surface area (Å²) in [5, 5.41) is 11.9. The number of nitrogens with one attached hydrogen (secondary N) is 1. The van der Waals surface area contributed by atoms with Crippen LogP contribution in [0.5, 0.6) is 0 Å². The number of hydrogen-bond acceptors (Lipinski definition) is 2. The minimum absolute atomic E-state index is 0.0832. The van der Waals surface area contributed by atoms with E-state index in [-0.39, 0.29) is 23.7 Å². The number of carbonyl (C=O) groups excluding carboxylic acids is 1. The van der Waals surface area contributed by atoms with E-state index in [9.17, 15) is 14.7 Å². The van der Waals surface area contributed by atoms with Crippen LogP contribution in [-0.4, -0.2) is 23.0 Å². The third kappa shape index (κ3) is 3.84. The van der Waals surface area contributed by atoms with Crippen LogP contribution in [0.15, 0.2) is 24.3 Å². The number of amides is 1. The number of carbonyl (C=O) groups is 2. The molecule has 21 heavy (non-hydrogen) atoms. The highest BCUT2D eigenvalue weighted by Crippen LogP contribution is 2.48. The van der Waals surface area contributed by atoms with Crippen LogP contribution in [0.2, 0.25) is 0 Å². The molecule has 2 N–H and O–H groups in total. The summed E-state index contributed by atoms with van der Waals surface area (Å²) in [5.41, 5.74) is 2.39. The van der Waals surface area contributed by atoms with Crippen molar-refractivity contribution in [3.05, 3.63) is 35.4 Å². The number of hydrogen-bond donors (Lipinski definition) is 2. The lowest BCUT2D eigenvalue weighted by Gasteiger charge is -2.16. The Labute approximate surface area is 125 Å². The standard InChI is InChI=1S/C17H23NO3/c1-10(2)8-15(17(20)21)18-16(19)14-9-13(14)12-7-5-4-6-11(12)3/h4-7,10,13-15H,8-9H2,1-3H3,(H,18,19)(H,20,21). The topological polar surface area (TPSA) is 66.4 Å². The van der Waals surface area contributed by atoms with Crippen LogP contribution in [-0.2, 0) is 9.59 Å². The fraction of sp³-hybridized carbons (Fsp3) is 0.529. The summed E-state index contributed by atoms with van der Waals surface area (Å²) in [6, 6.07) is 7.28. The average Bonchev–Trinajstić information content (AvgIpc) is 3.18. The van der Waals surface area contributed by atoms with Gasteiger partial charge in [-0.3, -0.25) is 4.79 Å². The second kappa shape index (κ2) is 6.29. The highest BCUT2D eigenvalue weighted by atomic mass is 16.4. The molecule has 4 heteroatoms. The normalized spacial score (nSPS) is 21.9. The molecular weight excluding hydrogens is 266 g/mol. The van der Waals surface area contributed by atoms with Gasteiger partial charge in [-0.05, 0) is 42.7 Å². The Morgan fingerprint density at radius 2 is 2.00 bits per heavy atom. The first-order valence-corrected chi connectivity index (χ1v) is 7.48. The van der Waals surface area contributed by atoms with Crippen LogP contribution >= 0.6 is 0 Å². The maximum Gasteiger partial charge on any atom is 0.326 e. The van der Waals surface area contributed by atoms with E-state index < -0.39 is 12.0 Å². The minimum atomic E-state index is -0.954. The molecule has 1 aromatic rings. The molecular formula is C17H23NO3. The van der Waals surface area contributed by atoms with Gasteiger partial charge in [0.1, 0.15) is 6.04 Å². The molecule has 2 rings (SSSR count). The maximum atomic E-state index is 12.2. The Bertz CT molecular complexity index is 539. The number of aryl methyl sites for hydroxylation is 1. The lowest BCUT2D eigenvalue weighted by Crippen LogP contribution is -2.42. The van der Waals surface area contributed by atoms with Gasteiger partial charge in [0.2, 0.25) is 5.91 Å². The third-order valence-corrected chi connectivity index (χ3v) is 4.04. The van der Waals surface area contributed by atoms with Gasteiger partial charge in [-0.1, -0.05) is 38.1 Å². The molecule has 1 amide bonds. The van der Waals surface area contributed by atoms with Gasteiger partial charge >= 0.3 is 5.97 Å². The molecule has 0 spiro atoms. The highest BCUT2D eigenvalue weighted by molar-refractivity contribution is 5.87. The summed E-state index contributed by atoms with van der Waals surface area (Å²) in [7, 11) is 0. The maximum absolute atomic E-state index is 12.2. The van der Waals surface area contributed by atoms with Crippen molar-refractivity contribution >= 4 is 11.9 Å². The van der Waals surface area contributed by atoms with Gasteiger partial charge in [-0.25, -0.2) is 4.79 Å². The minimum Gasteiger partial charge on any atom is -0.480 e. The van der Waals surface area contributed by atoms with Crippen LogP contribution in [0.3, 0.4) is 0 Å². The Kier molecular flexibility index (Phi) is 4.66. The van der Waals surface area contributed by atoms with Crippen molar-refractivity contribution in [2.75, 3.05) is 0 Å². The van der Waals surface area contributed by atoms with Crippen LogP contribution in [0, 0.1) is 18.8 Å². The predicted octanol–water partition coefficient (Wildman–Crippen LogP) is 2.71. The Morgan fingerprint density at radius 1 is 1.33 bits per heavy atom. The van der Waals surface area contributed by atoms with Crippen molar-refractivity contribution in [3.8, 4) is 0 Å². The molecule has 4 nitrogen and oxygen atoms in total. The fourth-order valence-corrected chi connectivity index (χ4v) is 2.80. The van der Waals surface area contributed by atoms with Crippen molar-refractivity contribution in [3.63, 3.8) is 0 Å². The first-order chi connectivity index (χ1) is 9.90. The molecule has 1 aliphatic rings. The molecule has 0 saturated heterocycles. The van der Waals surface area contributed by atoms with E-state index in [2.05, 4.69) is 11.4 Å². The number of carboxylic acid groups (broad SMARTS) is 1. The summed E-state index contributed by atoms with van der Waals surface area (Å²) >= 11 is 0. The molecule has 3 unspecified atom stereocenters. The van der Waals surface area contributed by atoms with Crippen LogP contribution in [0.1, 0.15) is 43.7 Å². The van der Waals surface area contributed by atoms with Gasteiger partial charge in [0.25, 0.3) is 0 Å².